The van der Waals surface area contributed by atoms with Gasteiger partial charge in [0.15, 0.2) is 0 Å². The molecular weight excluding hydrogens is 501 g/mol. The Labute approximate surface area is 216 Å². The first kappa shape index (κ1) is 25.5. The zero-order valence-corrected chi connectivity index (χ0v) is 20.5. The van der Waals surface area contributed by atoms with Crippen LogP contribution in [0, 0.1) is 0 Å². The predicted molar refractivity (Wildman–Crippen MR) is 131 cm³/mol. The number of piperidine rings is 1. The number of nitrogens with zero attached hydrogens (tertiary/aromatic N) is 3. The van der Waals surface area contributed by atoms with Gasteiger partial charge >= 0.3 is 12.1 Å². The highest BCUT2D eigenvalue weighted by molar-refractivity contribution is 5.98. The summed E-state index contributed by atoms with van der Waals surface area (Å²) in [7, 11) is 0. The topological polar surface area (TPSA) is 93.5 Å². The fraction of sp³-hybridized carbons (Fsp3) is 0.333. The Kier molecular flexibility index (Phi) is 6.68. The van der Waals surface area contributed by atoms with E-state index < -0.39 is 24.0 Å². The molecule has 8 nitrogen and oxygen atoms in total. The van der Waals surface area contributed by atoms with Crippen LogP contribution in [0.4, 0.5) is 13.2 Å². The van der Waals surface area contributed by atoms with E-state index in [1.165, 1.54) is 12.3 Å². The first-order valence-corrected chi connectivity index (χ1v) is 12.3. The molecule has 2 aromatic heterocycles. The molecule has 0 spiro atoms. The number of alkyl halides is 3. The van der Waals surface area contributed by atoms with Crippen molar-refractivity contribution in [2.45, 2.75) is 38.3 Å². The number of hydrogen-bond donors (Lipinski definition) is 1. The second kappa shape index (κ2) is 9.96. The molecule has 3 aromatic rings. The molecule has 0 aliphatic carbocycles. The van der Waals surface area contributed by atoms with Gasteiger partial charge in [-0.2, -0.15) is 17.9 Å². The van der Waals surface area contributed by atoms with Crippen molar-refractivity contribution >= 4 is 17.8 Å². The van der Waals surface area contributed by atoms with Crippen LogP contribution in [0.15, 0.2) is 48.7 Å². The Bertz CT molecular complexity index is 1390. The van der Waals surface area contributed by atoms with Crippen molar-refractivity contribution in [1.29, 1.82) is 0 Å². The molecule has 1 N–H and O–H groups in total. The molecule has 0 radical (unpaired) electrons. The lowest BCUT2D eigenvalue weighted by molar-refractivity contribution is -0.200. The predicted octanol–water partition coefficient (Wildman–Crippen LogP) is 4.21. The van der Waals surface area contributed by atoms with Gasteiger partial charge in [0, 0.05) is 48.4 Å². The van der Waals surface area contributed by atoms with Crippen LogP contribution >= 0.6 is 0 Å². The fourth-order valence-corrected chi connectivity index (χ4v) is 4.84. The van der Waals surface area contributed by atoms with Crippen LogP contribution < -0.4 is 10.2 Å². The summed E-state index contributed by atoms with van der Waals surface area (Å²) in [6.07, 6.45) is -0.640. The Morgan fingerprint density at radius 2 is 1.74 bits per heavy atom. The lowest BCUT2D eigenvalue weighted by Gasteiger charge is -2.26. The molecule has 1 atom stereocenters. The minimum atomic E-state index is -5.22. The van der Waals surface area contributed by atoms with Crippen molar-refractivity contribution in [2.75, 3.05) is 19.6 Å². The van der Waals surface area contributed by atoms with Crippen LogP contribution in [0.2, 0.25) is 0 Å². The lowest BCUT2D eigenvalue weighted by Crippen LogP contribution is -2.38. The number of nitrogens with one attached hydrogen (secondary N) is 1. The molecule has 2 aliphatic heterocycles. The van der Waals surface area contributed by atoms with Crippen molar-refractivity contribution in [3.05, 3.63) is 65.5 Å². The van der Waals surface area contributed by atoms with Crippen LogP contribution in [0.3, 0.4) is 0 Å². The molecule has 0 saturated carbocycles. The van der Waals surface area contributed by atoms with Gasteiger partial charge in [0.1, 0.15) is 0 Å². The lowest BCUT2D eigenvalue weighted by atomic mass is 9.99. The summed E-state index contributed by atoms with van der Waals surface area (Å²) in [6.45, 7) is 3.38. The van der Waals surface area contributed by atoms with Crippen LogP contribution in [0.5, 0.6) is 0 Å². The number of rotatable bonds is 4. The van der Waals surface area contributed by atoms with E-state index in [4.69, 9.17) is 4.84 Å². The monoisotopic (exact) mass is 526 g/mol. The standard InChI is InChI=1S/C27H25F3N4O4/c1-16-15-32-24(35)20-14-22(34(23(16)20)38-26(37)27(28,29)30)19-9-10-31-21(13-19)17-5-7-18(8-6-17)25(36)33-11-3-2-4-12-33/h5-10,13-14,16H,2-4,11-12,15H2,1H3,(H,32,35). The van der Waals surface area contributed by atoms with Crippen molar-refractivity contribution < 1.29 is 32.4 Å². The second-order valence-electron chi connectivity index (χ2n) is 9.47. The molecule has 4 heterocycles. The smallest absolute Gasteiger partial charge is 0.351 e. The van der Waals surface area contributed by atoms with Gasteiger partial charge in [0.05, 0.1) is 22.6 Å². The molecule has 1 aromatic carbocycles. The second-order valence-corrected chi connectivity index (χ2v) is 9.47. The largest absolute Gasteiger partial charge is 0.493 e. The average Bonchev–Trinajstić information content (AvgIpc) is 3.31. The summed E-state index contributed by atoms with van der Waals surface area (Å²) in [5, 5.41) is 2.68. The number of carbonyl (C=O) groups excluding carboxylic acids is 3. The minimum Gasteiger partial charge on any atom is -0.351 e. The Balaban J connectivity index is 1.49. The van der Waals surface area contributed by atoms with E-state index in [-0.39, 0.29) is 29.4 Å². The van der Waals surface area contributed by atoms with Crippen molar-refractivity contribution in [1.82, 2.24) is 19.9 Å². The molecule has 38 heavy (non-hydrogen) atoms. The van der Waals surface area contributed by atoms with Gasteiger partial charge in [-0.25, -0.2) is 4.79 Å². The molecule has 1 unspecified atom stereocenters. The number of hydrogen-bond acceptors (Lipinski definition) is 5. The summed E-state index contributed by atoms with van der Waals surface area (Å²) in [5.41, 5.74) is 2.55. The van der Waals surface area contributed by atoms with E-state index in [9.17, 15) is 27.6 Å². The number of fused-ring (bicyclic) bond motifs is 1. The number of carbonyl (C=O) groups is 3. The molecule has 1 saturated heterocycles. The highest BCUT2D eigenvalue weighted by Crippen LogP contribution is 2.34. The van der Waals surface area contributed by atoms with Crippen LogP contribution in [0.1, 0.15) is 58.5 Å². The number of pyridine rings is 1. The van der Waals surface area contributed by atoms with Crippen molar-refractivity contribution in [2.24, 2.45) is 0 Å². The average molecular weight is 527 g/mol. The maximum atomic E-state index is 13.1. The SMILES string of the molecule is CC1CNC(=O)c2cc(-c3ccnc(-c4ccc(C(=O)N5CCCCC5)cc4)c3)n(OC(=O)C(F)(F)F)c21. The van der Waals surface area contributed by atoms with Crippen LogP contribution in [-0.4, -0.2) is 58.2 Å². The highest BCUT2D eigenvalue weighted by Gasteiger charge is 2.43. The van der Waals surface area contributed by atoms with E-state index in [0.717, 1.165) is 37.1 Å². The third kappa shape index (κ3) is 4.88. The molecule has 5 rings (SSSR count). The normalized spacial score (nSPS) is 17.5. The number of halogens is 3. The first-order valence-electron chi connectivity index (χ1n) is 12.3. The fourth-order valence-electron chi connectivity index (χ4n) is 4.84. The molecule has 11 heteroatoms. The van der Waals surface area contributed by atoms with E-state index in [1.807, 2.05) is 4.90 Å². The zero-order chi connectivity index (χ0) is 27.0. The highest BCUT2D eigenvalue weighted by atomic mass is 19.4. The maximum Gasteiger partial charge on any atom is 0.493 e. The van der Waals surface area contributed by atoms with E-state index in [1.54, 1.807) is 43.3 Å². The van der Waals surface area contributed by atoms with E-state index >= 15 is 0 Å². The Morgan fingerprint density at radius 1 is 1.03 bits per heavy atom. The van der Waals surface area contributed by atoms with Gasteiger partial charge in [-0.05, 0) is 49.6 Å². The Morgan fingerprint density at radius 3 is 2.42 bits per heavy atom. The van der Waals surface area contributed by atoms with Crippen molar-refractivity contribution in [3.63, 3.8) is 0 Å². The minimum absolute atomic E-state index is 0.0276. The number of aromatic nitrogens is 2. The van der Waals surface area contributed by atoms with E-state index in [2.05, 4.69) is 10.3 Å². The van der Waals surface area contributed by atoms with Gasteiger partial charge in [0.2, 0.25) is 0 Å². The summed E-state index contributed by atoms with van der Waals surface area (Å²) in [5.74, 6) is -3.29. The maximum absolute atomic E-state index is 13.1. The van der Waals surface area contributed by atoms with Crippen LogP contribution in [0.25, 0.3) is 22.5 Å². The van der Waals surface area contributed by atoms with Gasteiger partial charge in [0.25, 0.3) is 11.8 Å². The molecule has 2 amide bonds. The van der Waals surface area contributed by atoms with Gasteiger partial charge in [-0.3, -0.25) is 14.6 Å². The number of likely N-dealkylation sites (tertiary alicyclic amines) is 1. The molecule has 2 aliphatic rings. The summed E-state index contributed by atoms with van der Waals surface area (Å²) in [4.78, 5) is 48.0. The Hall–Kier alpha value is -4.15. The van der Waals surface area contributed by atoms with E-state index in [0.29, 0.717) is 22.4 Å². The molecule has 0 bridgehead atoms. The first-order chi connectivity index (χ1) is 18.1. The van der Waals surface area contributed by atoms with Gasteiger partial charge < -0.3 is 15.1 Å². The quantitative estimate of drug-likeness (QED) is 0.550. The van der Waals surface area contributed by atoms with Gasteiger partial charge in [-0.1, -0.05) is 19.1 Å². The number of amides is 2. The molecule has 198 valence electrons. The molecular formula is C27H25F3N4O4. The molecule has 1 fully saturated rings. The number of benzene rings is 1. The third-order valence-electron chi connectivity index (χ3n) is 6.81. The van der Waals surface area contributed by atoms with Crippen LogP contribution in [-0.2, 0) is 4.79 Å². The van der Waals surface area contributed by atoms with Crippen molar-refractivity contribution in [3.8, 4) is 22.5 Å². The van der Waals surface area contributed by atoms with Gasteiger partial charge in [-0.15, -0.1) is 0 Å². The zero-order valence-electron chi connectivity index (χ0n) is 20.5. The summed E-state index contributed by atoms with van der Waals surface area (Å²) < 4.78 is 40.0. The summed E-state index contributed by atoms with van der Waals surface area (Å²) >= 11 is 0. The summed E-state index contributed by atoms with van der Waals surface area (Å²) in [6, 6.07) is 11.5. The third-order valence-corrected chi connectivity index (χ3v) is 6.81.